The van der Waals surface area contributed by atoms with Crippen LogP contribution < -0.4 is 0 Å². The first-order valence-corrected chi connectivity index (χ1v) is 5.68. The van der Waals surface area contributed by atoms with Gasteiger partial charge in [0.2, 0.25) is 0 Å². The molecule has 1 heterocycles. The number of nitro groups is 1. The van der Waals surface area contributed by atoms with Gasteiger partial charge in [-0.3, -0.25) is 10.1 Å². The summed E-state index contributed by atoms with van der Waals surface area (Å²) >= 11 is 3.24. The summed E-state index contributed by atoms with van der Waals surface area (Å²) in [4.78, 5) is 10.4. The van der Waals surface area contributed by atoms with Crippen LogP contribution in [0.15, 0.2) is 36.7 Å². The average molecular weight is 282 g/mol. The van der Waals surface area contributed by atoms with Crippen LogP contribution in [0.1, 0.15) is 5.56 Å². The van der Waals surface area contributed by atoms with E-state index < -0.39 is 0 Å². The van der Waals surface area contributed by atoms with Gasteiger partial charge in [0, 0.05) is 29.4 Å². The summed E-state index contributed by atoms with van der Waals surface area (Å²) in [6, 6.07) is 6.72. The van der Waals surface area contributed by atoms with Gasteiger partial charge in [0.05, 0.1) is 10.6 Å². The lowest BCUT2D eigenvalue weighted by molar-refractivity contribution is -0.385. The fourth-order valence-corrected chi connectivity index (χ4v) is 1.87. The highest BCUT2D eigenvalue weighted by molar-refractivity contribution is 9.08. The van der Waals surface area contributed by atoms with E-state index in [1.807, 2.05) is 0 Å². The smallest absolute Gasteiger partial charge is 0.258 e. The molecule has 2 rings (SSSR count). The quantitative estimate of drug-likeness (QED) is 0.494. The topological polar surface area (TPSA) is 61.0 Å². The van der Waals surface area contributed by atoms with Crippen LogP contribution in [0.5, 0.6) is 0 Å². The molecule has 0 fully saturated rings. The molecule has 0 amide bonds. The van der Waals surface area contributed by atoms with Crippen molar-refractivity contribution in [1.29, 1.82) is 0 Å². The van der Waals surface area contributed by atoms with Crippen LogP contribution in [-0.2, 0) is 5.33 Å². The highest BCUT2D eigenvalue weighted by Gasteiger charge is 2.13. The number of alkyl halides is 1. The van der Waals surface area contributed by atoms with E-state index in [1.165, 1.54) is 6.07 Å². The highest BCUT2D eigenvalue weighted by atomic mass is 79.9. The van der Waals surface area contributed by atoms with Crippen molar-refractivity contribution in [3.63, 3.8) is 0 Å². The molecular formula is C10H8BrN3O2. The Kier molecular flexibility index (Phi) is 3.00. The van der Waals surface area contributed by atoms with E-state index in [0.29, 0.717) is 10.9 Å². The van der Waals surface area contributed by atoms with Crippen LogP contribution in [0.4, 0.5) is 5.69 Å². The second-order valence-corrected chi connectivity index (χ2v) is 3.72. The van der Waals surface area contributed by atoms with E-state index in [1.54, 1.807) is 35.3 Å². The minimum atomic E-state index is -0.385. The Labute approximate surface area is 100.0 Å². The van der Waals surface area contributed by atoms with Crippen LogP contribution in [-0.4, -0.2) is 14.7 Å². The first kappa shape index (κ1) is 10.8. The molecule has 0 atom stereocenters. The Morgan fingerprint density at radius 2 is 2.31 bits per heavy atom. The van der Waals surface area contributed by atoms with Crippen molar-refractivity contribution in [3.8, 4) is 5.69 Å². The summed E-state index contributed by atoms with van der Waals surface area (Å²) in [6.07, 6.45) is 3.45. The monoisotopic (exact) mass is 281 g/mol. The van der Waals surface area contributed by atoms with Gasteiger partial charge in [-0.1, -0.05) is 15.9 Å². The molecule has 0 aliphatic heterocycles. The Balaban J connectivity index is 2.49. The molecule has 1 aromatic heterocycles. The molecule has 5 nitrogen and oxygen atoms in total. The number of nitro benzene ring substituents is 1. The van der Waals surface area contributed by atoms with Gasteiger partial charge in [0.1, 0.15) is 0 Å². The van der Waals surface area contributed by atoms with Gasteiger partial charge in [0.25, 0.3) is 5.69 Å². The Bertz CT molecular complexity index is 511. The SMILES string of the molecule is O=[N+]([O-])c1ccc(-n2cccn2)cc1CBr. The summed E-state index contributed by atoms with van der Waals surface area (Å²) in [6.45, 7) is 0. The number of benzene rings is 1. The number of aromatic nitrogens is 2. The molecule has 2 aromatic rings. The van der Waals surface area contributed by atoms with E-state index in [-0.39, 0.29) is 10.6 Å². The molecule has 0 radical (unpaired) electrons. The first-order valence-electron chi connectivity index (χ1n) is 4.55. The van der Waals surface area contributed by atoms with Gasteiger partial charge < -0.3 is 0 Å². The molecule has 0 N–H and O–H groups in total. The zero-order valence-electron chi connectivity index (χ0n) is 8.21. The van der Waals surface area contributed by atoms with Gasteiger partial charge >= 0.3 is 0 Å². The maximum atomic E-state index is 10.7. The number of halogens is 1. The van der Waals surface area contributed by atoms with Crippen molar-refractivity contribution in [1.82, 2.24) is 9.78 Å². The molecule has 1 aromatic carbocycles. The normalized spacial score (nSPS) is 10.3. The lowest BCUT2D eigenvalue weighted by atomic mass is 10.2. The first-order chi connectivity index (χ1) is 7.72. The molecule has 0 saturated carbocycles. The van der Waals surface area contributed by atoms with Crippen molar-refractivity contribution in [3.05, 3.63) is 52.3 Å². The summed E-state index contributed by atoms with van der Waals surface area (Å²) in [7, 11) is 0. The van der Waals surface area contributed by atoms with Crippen molar-refractivity contribution >= 4 is 21.6 Å². The molecule has 0 aliphatic carbocycles. The number of hydrogen-bond donors (Lipinski definition) is 0. The van der Waals surface area contributed by atoms with E-state index >= 15 is 0 Å². The summed E-state index contributed by atoms with van der Waals surface area (Å²) in [5.74, 6) is 0. The highest BCUT2D eigenvalue weighted by Crippen LogP contribution is 2.23. The summed E-state index contributed by atoms with van der Waals surface area (Å²) in [5.41, 5.74) is 1.57. The lowest BCUT2D eigenvalue weighted by Crippen LogP contribution is -1.98. The van der Waals surface area contributed by atoms with Crippen molar-refractivity contribution in [2.24, 2.45) is 0 Å². The van der Waals surface area contributed by atoms with Gasteiger partial charge in [-0.05, 0) is 18.2 Å². The third kappa shape index (κ3) is 1.96. The molecule has 6 heteroatoms. The number of rotatable bonds is 3. The Morgan fingerprint density at radius 1 is 1.50 bits per heavy atom. The zero-order chi connectivity index (χ0) is 11.5. The fourth-order valence-electron chi connectivity index (χ4n) is 1.42. The Hall–Kier alpha value is -1.69. The standard InChI is InChI=1S/C10H8BrN3O2/c11-7-8-6-9(13-5-1-4-12-13)2-3-10(8)14(15)16/h1-6H,7H2. The predicted octanol–water partition coefficient (Wildman–Crippen LogP) is 2.68. The van der Waals surface area contributed by atoms with Gasteiger partial charge in [-0.15, -0.1) is 0 Å². The molecule has 0 spiro atoms. The van der Waals surface area contributed by atoms with Crippen LogP contribution in [0.3, 0.4) is 0 Å². The van der Waals surface area contributed by atoms with Gasteiger partial charge in [-0.25, -0.2) is 4.68 Å². The molecule has 0 unspecified atom stereocenters. The second kappa shape index (κ2) is 4.44. The summed E-state index contributed by atoms with van der Waals surface area (Å²) < 4.78 is 1.66. The van der Waals surface area contributed by atoms with Gasteiger partial charge in [0.15, 0.2) is 0 Å². The number of hydrogen-bond acceptors (Lipinski definition) is 3. The maximum Gasteiger partial charge on any atom is 0.273 e. The molecule has 0 bridgehead atoms. The van der Waals surface area contributed by atoms with E-state index in [4.69, 9.17) is 0 Å². The third-order valence-corrected chi connectivity index (χ3v) is 2.78. The molecule has 0 saturated heterocycles. The third-order valence-electron chi connectivity index (χ3n) is 2.17. The number of nitrogens with zero attached hydrogens (tertiary/aromatic N) is 3. The van der Waals surface area contributed by atoms with Gasteiger partial charge in [-0.2, -0.15) is 5.10 Å². The maximum absolute atomic E-state index is 10.7. The van der Waals surface area contributed by atoms with Crippen molar-refractivity contribution in [2.45, 2.75) is 5.33 Å². The molecule has 16 heavy (non-hydrogen) atoms. The minimum Gasteiger partial charge on any atom is -0.258 e. The van der Waals surface area contributed by atoms with E-state index in [9.17, 15) is 10.1 Å². The van der Waals surface area contributed by atoms with Crippen molar-refractivity contribution in [2.75, 3.05) is 0 Å². The lowest BCUT2D eigenvalue weighted by Gasteiger charge is -2.04. The van der Waals surface area contributed by atoms with E-state index in [0.717, 1.165) is 5.69 Å². The van der Waals surface area contributed by atoms with Crippen molar-refractivity contribution < 1.29 is 4.92 Å². The fraction of sp³-hybridized carbons (Fsp3) is 0.100. The molecule has 82 valence electrons. The largest absolute Gasteiger partial charge is 0.273 e. The van der Waals surface area contributed by atoms with Crippen LogP contribution in [0.2, 0.25) is 0 Å². The zero-order valence-corrected chi connectivity index (χ0v) is 9.79. The van der Waals surface area contributed by atoms with Crippen LogP contribution in [0, 0.1) is 10.1 Å². The molecular weight excluding hydrogens is 274 g/mol. The van der Waals surface area contributed by atoms with Crippen LogP contribution in [0.25, 0.3) is 5.69 Å². The second-order valence-electron chi connectivity index (χ2n) is 3.15. The minimum absolute atomic E-state index is 0.118. The van der Waals surface area contributed by atoms with Crippen LogP contribution >= 0.6 is 15.9 Å². The van der Waals surface area contributed by atoms with E-state index in [2.05, 4.69) is 21.0 Å². The predicted molar refractivity (Wildman–Crippen MR) is 62.8 cm³/mol. The summed E-state index contributed by atoms with van der Waals surface area (Å²) in [5, 5.41) is 15.3. The molecule has 0 aliphatic rings. The average Bonchev–Trinajstić information content (AvgIpc) is 2.81. The Morgan fingerprint density at radius 3 is 2.88 bits per heavy atom.